The molecule has 0 saturated carbocycles. The normalized spacial score (nSPS) is 9.75. The molecule has 1 aromatic heterocycles. The minimum Gasteiger partial charge on any atom is -0.364 e. The molecule has 0 unspecified atom stereocenters. The summed E-state index contributed by atoms with van der Waals surface area (Å²) in [7, 11) is 0. The maximum atomic E-state index is 5.71. The lowest BCUT2D eigenvalue weighted by Gasteiger charge is -1.87. The number of H-pyrrole nitrogens is 1. The van der Waals surface area contributed by atoms with Gasteiger partial charge in [0.05, 0.1) is 5.02 Å². The van der Waals surface area contributed by atoms with Gasteiger partial charge in [-0.2, -0.15) is 0 Å². The molecule has 0 aromatic carbocycles. The molecule has 1 N–H and O–H groups in total. The van der Waals surface area contributed by atoms with Crippen molar-refractivity contribution in [2.45, 2.75) is 13.3 Å². The molecule has 0 radical (unpaired) electrons. The van der Waals surface area contributed by atoms with Crippen LogP contribution in [0.4, 0.5) is 0 Å². The van der Waals surface area contributed by atoms with Crippen LogP contribution in [0, 0.1) is 0 Å². The second-order valence-electron chi connectivity index (χ2n) is 1.66. The summed E-state index contributed by atoms with van der Waals surface area (Å²) in [4.78, 5) is 3.02. The van der Waals surface area contributed by atoms with Gasteiger partial charge in [0.25, 0.3) is 0 Å². The van der Waals surface area contributed by atoms with E-state index >= 15 is 0 Å². The largest absolute Gasteiger partial charge is 0.364 e. The topological polar surface area (TPSA) is 15.8 Å². The molecule has 8 heavy (non-hydrogen) atoms. The van der Waals surface area contributed by atoms with Crippen molar-refractivity contribution in [1.29, 1.82) is 0 Å². The number of aromatic amines is 1. The Labute approximate surface area is 53.7 Å². The fraction of sp³-hybridized carbons (Fsp3) is 0.333. The first-order valence-electron chi connectivity index (χ1n) is 2.66. The third kappa shape index (κ3) is 0.869. The van der Waals surface area contributed by atoms with Crippen LogP contribution >= 0.6 is 11.6 Å². The standard InChI is InChI=1S/C6H8ClN/c1-2-6-5(7)3-4-8-6/h3-4,8H,2H2,1H3. The molecule has 2 heteroatoms. The summed E-state index contributed by atoms with van der Waals surface area (Å²) in [5.41, 5.74) is 1.12. The first-order chi connectivity index (χ1) is 3.84. The van der Waals surface area contributed by atoms with Gasteiger partial charge in [-0.1, -0.05) is 18.5 Å². The van der Waals surface area contributed by atoms with E-state index in [-0.39, 0.29) is 0 Å². The zero-order valence-corrected chi connectivity index (χ0v) is 5.50. The average Bonchev–Trinajstić information content (AvgIpc) is 2.14. The molecule has 0 bridgehead atoms. The highest BCUT2D eigenvalue weighted by Gasteiger charge is 1.93. The molecule has 1 nitrogen and oxygen atoms in total. The predicted molar refractivity (Wildman–Crippen MR) is 35.2 cm³/mol. The summed E-state index contributed by atoms with van der Waals surface area (Å²) in [5.74, 6) is 0. The maximum absolute atomic E-state index is 5.71. The van der Waals surface area contributed by atoms with Crippen LogP contribution in [-0.4, -0.2) is 4.98 Å². The Kier molecular flexibility index (Phi) is 1.59. The summed E-state index contributed by atoms with van der Waals surface area (Å²) in [6.45, 7) is 2.07. The Morgan fingerprint density at radius 1 is 1.75 bits per heavy atom. The minimum absolute atomic E-state index is 0.840. The monoisotopic (exact) mass is 129 g/mol. The Hall–Kier alpha value is -0.430. The molecule has 0 aliphatic carbocycles. The van der Waals surface area contributed by atoms with Gasteiger partial charge in [-0.05, 0) is 12.5 Å². The maximum Gasteiger partial charge on any atom is 0.0612 e. The zero-order chi connectivity index (χ0) is 5.98. The number of nitrogens with one attached hydrogen (secondary N) is 1. The van der Waals surface area contributed by atoms with E-state index in [1.54, 1.807) is 0 Å². The lowest BCUT2D eigenvalue weighted by atomic mass is 10.3. The summed E-state index contributed by atoms with van der Waals surface area (Å²) in [6, 6.07) is 1.86. The van der Waals surface area contributed by atoms with E-state index in [1.165, 1.54) is 0 Å². The van der Waals surface area contributed by atoms with Crippen LogP contribution in [0.1, 0.15) is 12.6 Å². The van der Waals surface area contributed by atoms with Crippen molar-refractivity contribution in [2.24, 2.45) is 0 Å². The van der Waals surface area contributed by atoms with E-state index in [0.717, 1.165) is 17.1 Å². The number of hydrogen-bond acceptors (Lipinski definition) is 0. The smallest absolute Gasteiger partial charge is 0.0612 e. The average molecular weight is 130 g/mol. The number of aromatic nitrogens is 1. The summed E-state index contributed by atoms with van der Waals surface area (Å²) in [6.07, 6.45) is 2.83. The predicted octanol–water partition coefficient (Wildman–Crippen LogP) is 2.23. The van der Waals surface area contributed by atoms with E-state index in [2.05, 4.69) is 11.9 Å². The highest BCUT2D eigenvalue weighted by molar-refractivity contribution is 6.31. The van der Waals surface area contributed by atoms with E-state index in [0.29, 0.717) is 0 Å². The Morgan fingerprint density at radius 3 is 2.75 bits per heavy atom. The fourth-order valence-electron chi connectivity index (χ4n) is 0.656. The van der Waals surface area contributed by atoms with Crippen LogP contribution in [-0.2, 0) is 6.42 Å². The van der Waals surface area contributed by atoms with Gasteiger partial charge in [-0.3, -0.25) is 0 Å². The van der Waals surface area contributed by atoms with Crippen molar-refractivity contribution < 1.29 is 0 Å². The fourth-order valence-corrected chi connectivity index (χ4v) is 0.907. The molecule has 1 heterocycles. The van der Waals surface area contributed by atoms with Crippen LogP contribution in [0.2, 0.25) is 5.02 Å². The van der Waals surface area contributed by atoms with Gasteiger partial charge in [0.2, 0.25) is 0 Å². The van der Waals surface area contributed by atoms with Gasteiger partial charge in [0, 0.05) is 11.9 Å². The molecule has 0 aliphatic heterocycles. The molecule has 0 fully saturated rings. The van der Waals surface area contributed by atoms with Gasteiger partial charge in [-0.15, -0.1) is 0 Å². The van der Waals surface area contributed by atoms with Crippen LogP contribution in [0.5, 0.6) is 0 Å². The lowest BCUT2D eigenvalue weighted by Crippen LogP contribution is -1.76. The Bertz CT molecular complexity index is 169. The van der Waals surface area contributed by atoms with E-state index in [4.69, 9.17) is 11.6 Å². The highest BCUT2D eigenvalue weighted by atomic mass is 35.5. The van der Waals surface area contributed by atoms with Crippen LogP contribution in [0.15, 0.2) is 12.3 Å². The summed E-state index contributed by atoms with van der Waals surface area (Å²) < 4.78 is 0. The van der Waals surface area contributed by atoms with E-state index in [9.17, 15) is 0 Å². The van der Waals surface area contributed by atoms with Gasteiger partial charge in [-0.25, -0.2) is 0 Å². The van der Waals surface area contributed by atoms with Crippen molar-refractivity contribution in [3.63, 3.8) is 0 Å². The molecule has 0 amide bonds. The van der Waals surface area contributed by atoms with Crippen molar-refractivity contribution in [3.05, 3.63) is 23.0 Å². The molecular formula is C6H8ClN. The molecule has 0 saturated heterocycles. The second kappa shape index (κ2) is 2.23. The molecule has 0 spiro atoms. The van der Waals surface area contributed by atoms with Crippen LogP contribution < -0.4 is 0 Å². The van der Waals surface area contributed by atoms with E-state index < -0.39 is 0 Å². The zero-order valence-electron chi connectivity index (χ0n) is 4.74. The first-order valence-corrected chi connectivity index (χ1v) is 3.04. The van der Waals surface area contributed by atoms with Crippen LogP contribution in [0.3, 0.4) is 0 Å². The molecule has 1 aromatic rings. The van der Waals surface area contributed by atoms with Gasteiger partial charge in [0.15, 0.2) is 0 Å². The van der Waals surface area contributed by atoms with Crippen LogP contribution in [0.25, 0.3) is 0 Å². The Balaban J connectivity index is 2.92. The van der Waals surface area contributed by atoms with Gasteiger partial charge < -0.3 is 4.98 Å². The number of aryl methyl sites for hydroxylation is 1. The quantitative estimate of drug-likeness (QED) is 0.599. The van der Waals surface area contributed by atoms with Gasteiger partial charge in [0.1, 0.15) is 0 Å². The second-order valence-corrected chi connectivity index (χ2v) is 2.06. The SMILES string of the molecule is CCc1[nH]ccc1Cl. The third-order valence-corrected chi connectivity index (χ3v) is 1.48. The van der Waals surface area contributed by atoms with E-state index in [1.807, 2.05) is 12.3 Å². The van der Waals surface area contributed by atoms with Crippen molar-refractivity contribution >= 4 is 11.6 Å². The molecule has 44 valence electrons. The third-order valence-electron chi connectivity index (χ3n) is 1.13. The van der Waals surface area contributed by atoms with Gasteiger partial charge >= 0.3 is 0 Å². The molecule has 0 atom stereocenters. The van der Waals surface area contributed by atoms with Crippen molar-refractivity contribution in [2.75, 3.05) is 0 Å². The lowest BCUT2D eigenvalue weighted by molar-refractivity contribution is 1.06. The minimum atomic E-state index is 0.840. The Morgan fingerprint density at radius 2 is 2.50 bits per heavy atom. The highest BCUT2D eigenvalue weighted by Crippen LogP contribution is 2.12. The molecule has 1 rings (SSSR count). The van der Waals surface area contributed by atoms with Crippen molar-refractivity contribution in [3.8, 4) is 0 Å². The number of rotatable bonds is 1. The summed E-state index contributed by atoms with van der Waals surface area (Å²) in [5, 5.41) is 0.840. The van der Waals surface area contributed by atoms with Crippen molar-refractivity contribution in [1.82, 2.24) is 4.98 Å². The first kappa shape index (κ1) is 5.70. The summed E-state index contributed by atoms with van der Waals surface area (Å²) >= 11 is 5.71. The molecule has 0 aliphatic rings. The molecular weight excluding hydrogens is 122 g/mol. The number of halogens is 1. The number of hydrogen-bond donors (Lipinski definition) is 1.